The van der Waals surface area contributed by atoms with E-state index in [1.54, 1.807) is 0 Å². The summed E-state index contributed by atoms with van der Waals surface area (Å²) in [6.07, 6.45) is 8.14. The van der Waals surface area contributed by atoms with Gasteiger partial charge in [-0.3, -0.25) is 4.79 Å². The lowest BCUT2D eigenvalue weighted by atomic mass is 9.42. The number of amides is 1. The predicted molar refractivity (Wildman–Crippen MR) is 117 cm³/mol. The Morgan fingerprint density at radius 1 is 1.15 bits per heavy atom. The van der Waals surface area contributed by atoms with Crippen LogP contribution >= 0.6 is 22.6 Å². The lowest BCUT2D eigenvalue weighted by Crippen LogP contribution is -2.64. The molecule has 2 N–H and O–H groups in total. The molecule has 1 aliphatic heterocycles. The zero-order valence-corrected chi connectivity index (χ0v) is 18.4. The Morgan fingerprint density at radius 2 is 1.96 bits per heavy atom. The fourth-order valence-corrected chi connectivity index (χ4v) is 9.32. The molecule has 0 radical (unpaired) electrons. The van der Waals surface area contributed by atoms with E-state index in [-0.39, 0.29) is 10.8 Å². The molecule has 4 bridgehead atoms. The SMILES string of the molecule is CC1CNCCC1NC(=O)C12CC3C[C@@](I)(C1)C[C@](c1ccccc1)(C3)C2. The molecule has 146 valence electrons. The Bertz CT molecular complexity index is 739. The molecule has 1 amide bonds. The number of rotatable bonds is 3. The van der Waals surface area contributed by atoms with E-state index in [4.69, 9.17) is 0 Å². The van der Waals surface area contributed by atoms with Gasteiger partial charge in [-0.2, -0.15) is 0 Å². The number of benzene rings is 1. The van der Waals surface area contributed by atoms with Gasteiger partial charge < -0.3 is 10.6 Å². The molecular weight excluding hydrogens is 447 g/mol. The van der Waals surface area contributed by atoms with Gasteiger partial charge in [0.1, 0.15) is 0 Å². The molecule has 4 unspecified atom stereocenters. The Morgan fingerprint density at radius 3 is 2.70 bits per heavy atom. The lowest BCUT2D eigenvalue weighted by Gasteiger charge is -2.64. The van der Waals surface area contributed by atoms with E-state index in [9.17, 15) is 4.79 Å². The summed E-state index contributed by atoms with van der Waals surface area (Å²) in [6.45, 7) is 4.31. The van der Waals surface area contributed by atoms with Crippen molar-refractivity contribution >= 4 is 28.5 Å². The summed E-state index contributed by atoms with van der Waals surface area (Å²) in [7, 11) is 0. The highest BCUT2D eigenvalue weighted by Crippen LogP contribution is 2.69. The minimum absolute atomic E-state index is 0.152. The van der Waals surface area contributed by atoms with Crippen LogP contribution in [0, 0.1) is 17.3 Å². The summed E-state index contributed by atoms with van der Waals surface area (Å²) < 4.78 is 0.296. The van der Waals surface area contributed by atoms with E-state index in [1.807, 2.05) is 0 Å². The molecule has 4 saturated carbocycles. The summed E-state index contributed by atoms with van der Waals surface area (Å²) in [5, 5.41) is 6.98. The van der Waals surface area contributed by atoms with Crippen LogP contribution < -0.4 is 10.6 Å². The number of hydrogen-bond acceptors (Lipinski definition) is 2. The van der Waals surface area contributed by atoms with Gasteiger partial charge in [-0.1, -0.05) is 59.8 Å². The smallest absolute Gasteiger partial charge is 0.226 e. The lowest BCUT2D eigenvalue weighted by molar-refractivity contribution is -0.147. The second kappa shape index (κ2) is 6.45. The summed E-state index contributed by atoms with van der Waals surface area (Å²) in [4.78, 5) is 13.7. The number of carbonyl (C=O) groups is 1. The first kappa shape index (κ1) is 18.4. The number of hydrogen-bond donors (Lipinski definition) is 2. The van der Waals surface area contributed by atoms with Gasteiger partial charge in [0.15, 0.2) is 0 Å². The zero-order chi connectivity index (χ0) is 18.7. The summed E-state index contributed by atoms with van der Waals surface area (Å²) >= 11 is 2.73. The Kier molecular flexibility index (Phi) is 4.39. The van der Waals surface area contributed by atoms with Gasteiger partial charge in [-0.05, 0) is 80.8 Å². The van der Waals surface area contributed by atoms with Crippen molar-refractivity contribution in [2.45, 2.75) is 66.7 Å². The topological polar surface area (TPSA) is 41.1 Å². The minimum atomic E-state index is -0.152. The van der Waals surface area contributed by atoms with Crippen LogP contribution in [0.25, 0.3) is 0 Å². The van der Waals surface area contributed by atoms with Crippen LogP contribution in [0.3, 0.4) is 0 Å². The van der Waals surface area contributed by atoms with E-state index < -0.39 is 0 Å². The van der Waals surface area contributed by atoms with Crippen molar-refractivity contribution < 1.29 is 4.79 Å². The van der Waals surface area contributed by atoms with Crippen molar-refractivity contribution in [1.29, 1.82) is 0 Å². The average molecular weight is 478 g/mol. The van der Waals surface area contributed by atoms with E-state index in [0.29, 0.717) is 27.2 Å². The fraction of sp³-hybridized carbons (Fsp3) is 0.696. The zero-order valence-electron chi connectivity index (χ0n) is 16.3. The molecule has 27 heavy (non-hydrogen) atoms. The largest absolute Gasteiger partial charge is 0.353 e. The number of halogens is 1. The van der Waals surface area contributed by atoms with Gasteiger partial charge in [-0.25, -0.2) is 0 Å². The first-order valence-electron chi connectivity index (χ1n) is 10.7. The average Bonchev–Trinajstić information content (AvgIpc) is 2.62. The molecule has 1 aromatic rings. The standard InChI is InChI=1S/C23H31IN2O/c1-16-12-25-8-7-19(16)26-20(27)22-10-17-9-21(13-22,14-23(24,11-17)15-22)18-5-3-2-4-6-18/h2-6,16-17,19,25H,7-15H2,1H3,(H,26,27)/t16?,17?,19?,21-,22?,23-/m0/s1. The van der Waals surface area contributed by atoms with E-state index in [1.165, 1.54) is 24.8 Å². The van der Waals surface area contributed by atoms with Gasteiger partial charge in [-0.15, -0.1) is 0 Å². The van der Waals surface area contributed by atoms with Gasteiger partial charge in [0.2, 0.25) is 5.91 Å². The number of alkyl halides is 1. The number of carbonyl (C=O) groups excluding carboxylic acids is 1. The molecule has 4 heteroatoms. The van der Waals surface area contributed by atoms with E-state index in [0.717, 1.165) is 38.8 Å². The van der Waals surface area contributed by atoms with Crippen molar-refractivity contribution in [3.8, 4) is 0 Å². The summed E-state index contributed by atoms with van der Waals surface area (Å²) in [6, 6.07) is 11.4. The van der Waals surface area contributed by atoms with Crippen molar-refractivity contribution in [1.82, 2.24) is 10.6 Å². The second-order valence-electron chi connectivity index (χ2n) is 10.1. The molecule has 1 aromatic carbocycles. The van der Waals surface area contributed by atoms with Gasteiger partial charge in [0.05, 0.1) is 5.41 Å². The van der Waals surface area contributed by atoms with E-state index in [2.05, 4.69) is 70.5 Å². The maximum atomic E-state index is 13.7. The van der Waals surface area contributed by atoms with Crippen molar-refractivity contribution in [2.75, 3.05) is 13.1 Å². The van der Waals surface area contributed by atoms with Crippen molar-refractivity contribution in [2.24, 2.45) is 17.3 Å². The molecule has 0 aromatic heterocycles. The molecule has 3 nitrogen and oxygen atoms in total. The van der Waals surface area contributed by atoms with Gasteiger partial charge in [0.25, 0.3) is 0 Å². The van der Waals surface area contributed by atoms with Crippen LogP contribution in [-0.4, -0.2) is 28.5 Å². The quantitative estimate of drug-likeness (QED) is 0.505. The third kappa shape index (κ3) is 3.06. The Balaban J connectivity index is 1.46. The van der Waals surface area contributed by atoms with Crippen LogP contribution in [0.5, 0.6) is 0 Å². The maximum absolute atomic E-state index is 13.7. The van der Waals surface area contributed by atoms with Gasteiger partial charge >= 0.3 is 0 Å². The van der Waals surface area contributed by atoms with Gasteiger partial charge in [0, 0.05) is 9.46 Å². The molecule has 6 rings (SSSR count). The molecule has 6 atom stereocenters. The van der Waals surface area contributed by atoms with E-state index >= 15 is 0 Å². The summed E-state index contributed by atoms with van der Waals surface area (Å²) in [5.74, 6) is 1.59. The Labute approximate surface area is 176 Å². The normalized spacial score (nSPS) is 45.6. The maximum Gasteiger partial charge on any atom is 0.226 e. The molecule has 5 aliphatic rings. The minimum Gasteiger partial charge on any atom is -0.353 e. The molecule has 0 spiro atoms. The predicted octanol–water partition coefficient (Wildman–Crippen LogP) is 4.20. The van der Waals surface area contributed by atoms with Crippen LogP contribution in [0.1, 0.15) is 57.4 Å². The first-order chi connectivity index (χ1) is 12.9. The fourth-order valence-electron chi connectivity index (χ4n) is 7.24. The van der Waals surface area contributed by atoms with Crippen LogP contribution in [0.4, 0.5) is 0 Å². The number of nitrogens with one attached hydrogen (secondary N) is 2. The van der Waals surface area contributed by atoms with Crippen LogP contribution in [0.15, 0.2) is 30.3 Å². The van der Waals surface area contributed by atoms with Crippen molar-refractivity contribution in [3.05, 3.63) is 35.9 Å². The highest BCUT2D eigenvalue weighted by molar-refractivity contribution is 14.1. The van der Waals surface area contributed by atoms with Crippen LogP contribution in [-0.2, 0) is 10.2 Å². The Hall–Kier alpha value is -0.620. The van der Waals surface area contributed by atoms with Crippen LogP contribution in [0.2, 0.25) is 0 Å². The molecule has 1 saturated heterocycles. The molecule has 5 fully saturated rings. The summed E-state index contributed by atoms with van der Waals surface area (Å²) in [5.41, 5.74) is 1.53. The third-order valence-electron chi connectivity index (χ3n) is 7.97. The number of piperidine rings is 1. The second-order valence-corrected chi connectivity index (χ2v) is 12.4. The first-order valence-corrected chi connectivity index (χ1v) is 11.8. The highest BCUT2D eigenvalue weighted by atomic mass is 127. The molecule has 4 aliphatic carbocycles. The third-order valence-corrected chi connectivity index (χ3v) is 9.17. The van der Waals surface area contributed by atoms with Crippen molar-refractivity contribution in [3.63, 3.8) is 0 Å². The molecule has 1 heterocycles. The highest BCUT2D eigenvalue weighted by Gasteiger charge is 2.65. The monoisotopic (exact) mass is 478 g/mol. The molecular formula is C23H31IN2O.